The van der Waals surface area contributed by atoms with Crippen LogP contribution in [0, 0.1) is 0 Å². The van der Waals surface area contributed by atoms with E-state index in [9.17, 15) is 43.2 Å². The van der Waals surface area contributed by atoms with Gasteiger partial charge in [-0.1, -0.05) is 80.4 Å². The molecule has 1 fully saturated rings. The van der Waals surface area contributed by atoms with E-state index in [1.165, 1.54) is 19.4 Å². The van der Waals surface area contributed by atoms with E-state index in [1.54, 1.807) is 12.3 Å². The lowest BCUT2D eigenvalue weighted by molar-refractivity contribution is -0.135. The number of para-hydroxylation sites is 1. The van der Waals surface area contributed by atoms with Crippen LogP contribution in [0.1, 0.15) is 88.5 Å². The first-order chi connectivity index (χ1) is 37.5. The maximum absolute atomic E-state index is 14.9. The van der Waals surface area contributed by atoms with Crippen molar-refractivity contribution in [2.75, 3.05) is 13.1 Å². The standard InChI is InChI=1S/C54H71N15O9/c1-3-4-15-40(63-31(2)70)49(74)69-45-27-46(71)64-44(26-36-29-58-30-62-36)53(78)67-42(24-32-19-20-33-12-5-6-13-34(33)23-32)51(76)66-41(18-11-22-60-54(56)57)50(75)68-43(25-35-28-61-38-16-8-7-14-37(35)38)52(77)65-39(47(55)72)17-9-10-21-59-48(45)73/h5-8,12-14,16,19-20,23,28-30,39-45,61H,3-4,9-11,15,17-18,21-22,24-27H2,1-2H3,(H2,55,72)(H,58,62)(H,59,73)(H,63,70)(H,64,71)(H,65,77)(H,66,76)(H,67,78)(H,68,75)(H,69,74)(H4,56,57,60)/t39-,40?,41-,42+,43-,44-,45?/m0/s1. The van der Waals surface area contributed by atoms with Crippen LogP contribution in [0.3, 0.4) is 0 Å². The predicted octanol–water partition coefficient (Wildman–Crippen LogP) is -0.0951. The first-order valence-corrected chi connectivity index (χ1v) is 26.2. The largest absolute Gasteiger partial charge is 0.370 e. The van der Waals surface area contributed by atoms with Crippen molar-refractivity contribution in [3.63, 3.8) is 0 Å². The molecule has 1 saturated heterocycles. The summed E-state index contributed by atoms with van der Waals surface area (Å²) in [6, 6.07) is 11.1. The van der Waals surface area contributed by atoms with Gasteiger partial charge in [0.25, 0.3) is 0 Å². The molecule has 1 aliphatic rings. The summed E-state index contributed by atoms with van der Waals surface area (Å²) in [5.41, 5.74) is 19.5. The van der Waals surface area contributed by atoms with Gasteiger partial charge in [-0.25, -0.2) is 4.98 Å². The Kier molecular flexibility index (Phi) is 21.6. The van der Waals surface area contributed by atoms with Crippen molar-refractivity contribution in [3.8, 4) is 0 Å². The molecule has 0 aliphatic carbocycles. The highest BCUT2D eigenvalue weighted by Gasteiger charge is 2.35. The van der Waals surface area contributed by atoms with Gasteiger partial charge in [0.2, 0.25) is 53.2 Å². The zero-order valence-corrected chi connectivity index (χ0v) is 43.8. The van der Waals surface area contributed by atoms with E-state index in [1.807, 2.05) is 67.6 Å². The number of carbonyl (C=O) groups excluding carboxylic acids is 9. The molecular weight excluding hydrogens is 1000 g/mol. The van der Waals surface area contributed by atoms with Crippen LogP contribution in [0.2, 0.25) is 0 Å². The van der Waals surface area contributed by atoms with Gasteiger partial charge in [0, 0.05) is 68.3 Å². The molecule has 24 nitrogen and oxygen atoms in total. The SMILES string of the molecule is CCCCC(NC(C)=O)C(=O)NC1CC(=O)N[C@@H](Cc2cnc[nH]2)C(=O)N[C@H](Cc2ccc3ccccc3c2)C(=O)N[C@@H](CCCN=C(N)N)C(=O)N[C@@H](Cc2c[nH]c3ccccc23)C(=O)N[C@H](C(N)=O)CCCCNC1=O. The number of rotatable bonds is 17. The Labute approximate surface area is 450 Å². The number of aromatic nitrogens is 3. The number of carbonyl (C=O) groups is 9. The fraction of sp³-hybridized carbons (Fsp3) is 0.426. The first kappa shape index (κ1) is 58.4. The molecule has 16 N–H and O–H groups in total. The number of imidazole rings is 1. The van der Waals surface area contributed by atoms with Crippen molar-refractivity contribution in [2.45, 2.75) is 133 Å². The van der Waals surface area contributed by atoms with Gasteiger partial charge in [-0.15, -0.1) is 0 Å². The number of nitrogens with one attached hydrogen (secondary N) is 10. The maximum Gasteiger partial charge on any atom is 0.243 e. The van der Waals surface area contributed by atoms with Crippen molar-refractivity contribution in [1.82, 2.24) is 57.5 Å². The summed E-state index contributed by atoms with van der Waals surface area (Å²) >= 11 is 0. The number of nitrogens with two attached hydrogens (primary N) is 3. The summed E-state index contributed by atoms with van der Waals surface area (Å²) in [6.45, 7) is 3.21. The van der Waals surface area contributed by atoms with E-state index < -0.39 is 102 Å². The van der Waals surface area contributed by atoms with Gasteiger partial charge in [-0.05, 0) is 66.5 Å². The number of H-pyrrole nitrogens is 2. The number of unbranched alkanes of at least 4 members (excludes halogenated alkanes) is 1. The number of guanidine groups is 1. The molecule has 5 aromatic rings. The Balaban J connectivity index is 1.40. The molecule has 24 heteroatoms. The number of fused-ring (bicyclic) bond motifs is 2. The molecule has 9 amide bonds. The highest BCUT2D eigenvalue weighted by atomic mass is 16.2. The monoisotopic (exact) mass is 1070 g/mol. The highest BCUT2D eigenvalue weighted by Crippen LogP contribution is 2.21. The molecule has 0 bridgehead atoms. The number of hydrogen-bond donors (Lipinski definition) is 13. The van der Waals surface area contributed by atoms with Crippen LogP contribution in [0.25, 0.3) is 21.7 Å². The summed E-state index contributed by atoms with van der Waals surface area (Å²) < 4.78 is 0. The lowest BCUT2D eigenvalue weighted by Crippen LogP contribution is -2.60. The number of aromatic amines is 2. The van der Waals surface area contributed by atoms with Crippen molar-refractivity contribution in [2.24, 2.45) is 22.2 Å². The van der Waals surface area contributed by atoms with Crippen molar-refractivity contribution >= 4 is 80.8 Å². The van der Waals surface area contributed by atoms with Crippen molar-refractivity contribution < 1.29 is 43.2 Å². The minimum atomic E-state index is -1.51. The van der Waals surface area contributed by atoms with Crippen molar-refractivity contribution in [3.05, 3.63) is 102 Å². The quantitative estimate of drug-likeness (QED) is 0.0330. The summed E-state index contributed by atoms with van der Waals surface area (Å²) in [7, 11) is 0. The van der Waals surface area contributed by atoms with Gasteiger partial charge in [0.05, 0.1) is 12.7 Å². The third kappa shape index (κ3) is 17.6. The Morgan fingerprint density at radius 2 is 1.42 bits per heavy atom. The van der Waals surface area contributed by atoms with Crippen molar-refractivity contribution in [1.29, 1.82) is 0 Å². The van der Waals surface area contributed by atoms with Crippen LogP contribution in [0.5, 0.6) is 0 Å². The zero-order valence-electron chi connectivity index (χ0n) is 43.8. The van der Waals surface area contributed by atoms with Gasteiger partial charge in [0.1, 0.15) is 42.3 Å². The minimum Gasteiger partial charge on any atom is -0.370 e. The lowest BCUT2D eigenvalue weighted by Gasteiger charge is -2.27. The molecule has 0 spiro atoms. The molecule has 3 aromatic carbocycles. The molecule has 78 heavy (non-hydrogen) atoms. The molecule has 416 valence electrons. The third-order valence-corrected chi connectivity index (χ3v) is 13.3. The number of nitrogens with zero attached hydrogens (tertiary/aromatic N) is 2. The van der Waals surface area contributed by atoms with Crippen LogP contribution >= 0.6 is 0 Å². The fourth-order valence-corrected chi connectivity index (χ4v) is 9.16. The summed E-state index contributed by atoms with van der Waals surface area (Å²) in [5, 5.41) is 24.3. The molecule has 0 saturated carbocycles. The van der Waals surface area contributed by atoms with E-state index in [0.29, 0.717) is 29.7 Å². The molecule has 2 aromatic heterocycles. The fourth-order valence-electron chi connectivity index (χ4n) is 9.16. The number of hydrogen-bond acceptors (Lipinski definition) is 11. The summed E-state index contributed by atoms with van der Waals surface area (Å²) in [6.07, 6.45) is 5.62. The predicted molar refractivity (Wildman–Crippen MR) is 291 cm³/mol. The van der Waals surface area contributed by atoms with Gasteiger partial charge < -0.3 is 69.7 Å². The number of aliphatic imine (C=N–C) groups is 1. The summed E-state index contributed by atoms with van der Waals surface area (Å²) in [4.78, 5) is 140. The smallest absolute Gasteiger partial charge is 0.243 e. The minimum absolute atomic E-state index is 0.00842. The van der Waals surface area contributed by atoms with Crippen LogP contribution in [0.15, 0.2) is 90.4 Å². The van der Waals surface area contributed by atoms with E-state index in [4.69, 9.17) is 17.2 Å². The highest BCUT2D eigenvalue weighted by molar-refractivity contribution is 5.98. The van der Waals surface area contributed by atoms with E-state index in [0.717, 1.165) is 21.7 Å². The Bertz CT molecular complexity index is 2940. The second-order valence-corrected chi connectivity index (χ2v) is 19.4. The molecule has 2 unspecified atom stereocenters. The van der Waals surface area contributed by atoms with Crippen LogP contribution < -0.4 is 59.7 Å². The van der Waals surface area contributed by atoms with Gasteiger partial charge in [-0.3, -0.25) is 48.1 Å². The molecule has 1 aliphatic heterocycles. The molecule has 0 radical (unpaired) electrons. The van der Waals surface area contributed by atoms with Crippen LogP contribution in [-0.2, 0) is 62.4 Å². The first-order valence-electron chi connectivity index (χ1n) is 26.2. The van der Waals surface area contributed by atoms with Crippen LogP contribution in [0.4, 0.5) is 0 Å². The molecule has 7 atom stereocenters. The number of amides is 9. The Morgan fingerprint density at radius 1 is 0.744 bits per heavy atom. The second kappa shape index (κ2) is 28.9. The molecule has 3 heterocycles. The van der Waals surface area contributed by atoms with Gasteiger partial charge in [0.15, 0.2) is 5.96 Å². The Morgan fingerprint density at radius 3 is 2.13 bits per heavy atom. The summed E-state index contributed by atoms with van der Waals surface area (Å²) in [5.74, 6) is -7.06. The average molecular weight is 1070 g/mol. The number of primary amides is 1. The molecule has 6 rings (SSSR count). The lowest BCUT2D eigenvalue weighted by atomic mass is 9.99. The Hall–Kier alpha value is -8.83. The van der Waals surface area contributed by atoms with E-state index in [-0.39, 0.29) is 76.8 Å². The number of benzene rings is 3. The third-order valence-electron chi connectivity index (χ3n) is 13.3. The maximum atomic E-state index is 14.9. The second-order valence-electron chi connectivity index (χ2n) is 19.4. The van der Waals surface area contributed by atoms with Crippen LogP contribution in [-0.4, -0.2) is 129 Å². The average Bonchev–Trinajstić information content (AvgIpc) is 4.09. The normalized spacial score (nSPS) is 20.9. The zero-order chi connectivity index (χ0) is 56.1. The van der Waals surface area contributed by atoms with Gasteiger partial charge in [-0.2, -0.15) is 0 Å². The van der Waals surface area contributed by atoms with E-state index >= 15 is 0 Å². The van der Waals surface area contributed by atoms with Gasteiger partial charge >= 0.3 is 0 Å². The molecular formula is C54H71N15O9. The van der Waals surface area contributed by atoms with E-state index in [2.05, 4.69) is 62.5 Å². The topological polar surface area (TPSA) is 385 Å².